The van der Waals surface area contributed by atoms with E-state index in [0.29, 0.717) is 23.7 Å². The van der Waals surface area contributed by atoms with Crippen molar-refractivity contribution < 1.29 is 13.9 Å². The highest BCUT2D eigenvalue weighted by molar-refractivity contribution is 5.44. The van der Waals surface area contributed by atoms with Gasteiger partial charge in [0.05, 0.1) is 19.9 Å². The lowest BCUT2D eigenvalue weighted by Gasteiger charge is -2.10. The molecule has 20 heavy (non-hydrogen) atoms. The Bertz CT molecular complexity index is 609. The third kappa shape index (κ3) is 2.79. The largest absolute Gasteiger partial charge is 0.493 e. The van der Waals surface area contributed by atoms with Gasteiger partial charge in [-0.25, -0.2) is 14.4 Å². The van der Waals surface area contributed by atoms with Crippen LogP contribution in [0.15, 0.2) is 18.2 Å². The first-order valence-corrected chi connectivity index (χ1v) is 6.04. The molecule has 0 aliphatic rings. The van der Waals surface area contributed by atoms with E-state index in [9.17, 15) is 4.39 Å². The van der Waals surface area contributed by atoms with Crippen LogP contribution in [0.1, 0.15) is 17.1 Å². The average molecular weight is 277 g/mol. The molecule has 0 aliphatic carbocycles. The van der Waals surface area contributed by atoms with E-state index in [2.05, 4.69) is 9.97 Å². The van der Waals surface area contributed by atoms with Crippen LogP contribution in [0.2, 0.25) is 0 Å². The quantitative estimate of drug-likeness (QED) is 0.926. The summed E-state index contributed by atoms with van der Waals surface area (Å²) in [5, 5.41) is 0. The van der Waals surface area contributed by atoms with Gasteiger partial charge in [-0.3, -0.25) is 0 Å². The van der Waals surface area contributed by atoms with Crippen LogP contribution >= 0.6 is 0 Å². The summed E-state index contributed by atoms with van der Waals surface area (Å²) < 4.78 is 23.8. The number of benzene rings is 1. The molecule has 5 nitrogen and oxygen atoms in total. The molecule has 2 aromatic rings. The molecular weight excluding hydrogens is 261 g/mol. The van der Waals surface area contributed by atoms with Crippen molar-refractivity contribution in [2.75, 3.05) is 20.0 Å². The molecule has 0 bridgehead atoms. The van der Waals surface area contributed by atoms with Gasteiger partial charge < -0.3 is 15.2 Å². The van der Waals surface area contributed by atoms with Crippen LogP contribution in [0, 0.1) is 12.7 Å². The van der Waals surface area contributed by atoms with Gasteiger partial charge in [-0.2, -0.15) is 0 Å². The molecule has 0 radical (unpaired) electrons. The number of hydrogen-bond donors (Lipinski definition) is 1. The van der Waals surface area contributed by atoms with Crippen molar-refractivity contribution in [1.82, 2.24) is 9.97 Å². The van der Waals surface area contributed by atoms with Crippen molar-refractivity contribution >= 4 is 5.82 Å². The summed E-state index contributed by atoms with van der Waals surface area (Å²) >= 11 is 0. The van der Waals surface area contributed by atoms with Gasteiger partial charge in [-0.1, -0.05) is 6.07 Å². The van der Waals surface area contributed by atoms with Gasteiger partial charge in [-0.15, -0.1) is 0 Å². The molecule has 0 atom stereocenters. The van der Waals surface area contributed by atoms with Crippen LogP contribution < -0.4 is 15.2 Å². The minimum absolute atomic E-state index is 0.132. The maximum absolute atomic E-state index is 13.4. The predicted molar refractivity (Wildman–Crippen MR) is 73.5 cm³/mol. The first-order valence-electron chi connectivity index (χ1n) is 6.04. The summed E-state index contributed by atoms with van der Waals surface area (Å²) in [4.78, 5) is 8.04. The number of hydrogen-bond acceptors (Lipinski definition) is 5. The summed E-state index contributed by atoms with van der Waals surface area (Å²) in [6.07, 6.45) is 0.436. The highest BCUT2D eigenvalue weighted by Crippen LogP contribution is 2.28. The van der Waals surface area contributed by atoms with E-state index in [0.717, 1.165) is 5.56 Å². The summed E-state index contributed by atoms with van der Waals surface area (Å²) in [6, 6.07) is 5.50. The predicted octanol–water partition coefficient (Wildman–Crippen LogP) is 2.11. The van der Waals surface area contributed by atoms with Crippen molar-refractivity contribution in [2.45, 2.75) is 13.3 Å². The fourth-order valence-electron chi connectivity index (χ4n) is 1.89. The standard InChI is InChI=1S/C14H16FN3O2/c1-8-13(15)14(16)18-12(17-8)7-9-4-5-10(19-2)11(6-9)20-3/h4-6H,7H2,1-3H3,(H2,16,17,18). The summed E-state index contributed by atoms with van der Waals surface area (Å²) in [5.74, 6) is 1.03. The number of halogens is 1. The first-order chi connectivity index (χ1) is 9.55. The molecule has 1 heterocycles. The van der Waals surface area contributed by atoms with E-state index in [1.165, 1.54) is 0 Å². The minimum Gasteiger partial charge on any atom is -0.493 e. The van der Waals surface area contributed by atoms with E-state index < -0.39 is 5.82 Å². The van der Waals surface area contributed by atoms with Gasteiger partial charge in [0.25, 0.3) is 0 Å². The molecule has 2 rings (SSSR count). The van der Waals surface area contributed by atoms with Crippen LogP contribution in [0.3, 0.4) is 0 Å². The van der Waals surface area contributed by atoms with E-state index in [-0.39, 0.29) is 11.5 Å². The molecule has 0 amide bonds. The van der Waals surface area contributed by atoms with Crippen molar-refractivity contribution in [3.05, 3.63) is 41.1 Å². The summed E-state index contributed by atoms with van der Waals surface area (Å²) in [5.41, 5.74) is 6.67. The smallest absolute Gasteiger partial charge is 0.186 e. The third-order valence-electron chi connectivity index (χ3n) is 2.90. The molecule has 2 N–H and O–H groups in total. The topological polar surface area (TPSA) is 70.3 Å². The highest BCUT2D eigenvalue weighted by Gasteiger charge is 2.10. The number of rotatable bonds is 4. The Morgan fingerprint density at radius 3 is 2.45 bits per heavy atom. The number of aromatic nitrogens is 2. The molecule has 0 aliphatic heterocycles. The Kier molecular flexibility index (Phi) is 4.02. The lowest BCUT2D eigenvalue weighted by molar-refractivity contribution is 0.354. The molecule has 0 saturated heterocycles. The maximum atomic E-state index is 13.4. The van der Waals surface area contributed by atoms with Gasteiger partial charge in [0.15, 0.2) is 23.1 Å². The van der Waals surface area contributed by atoms with Crippen LogP contribution in [-0.2, 0) is 6.42 Å². The number of nitrogen functional groups attached to an aromatic ring is 1. The van der Waals surface area contributed by atoms with Gasteiger partial charge in [0.2, 0.25) is 0 Å². The van der Waals surface area contributed by atoms with Gasteiger partial charge in [0.1, 0.15) is 5.82 Å². The normalized spacial score (nSPS) is 10.4. The number of nitrogens with two attached hydrogens (primary N) is 1. The first kappa shape index (κ1) is 14.0. The molecule has 0 unspecified atom stereocenters. The van der Waals surface area contributed by atoms with E-state index in [4.69, 9.17) is 15.2 Å². The average Bonchev–Trinajstić information content (AvgIpc) is 2.44. The Balaban J connectivity index is 2.30. The fourth-order valence-corrected chi connectivity index (χ4v) is 1.89. The van der Waals surface area contributed by atoms with E-state index in [1.807, 2.05) is 12.1 Å². The Morgan fingerprint density at radius 1 is 1.15 bits per heavy atom. The summed E-state index contributed by atoms with van der Waals surface area (Å²) in [7, 11) is 3.14. The molecule has 0 saturated carbocycles. The van der Waals surface area contributed by atoms with Crippen molar-refractivity contribution in [3.8, 4) is 11.5 Å². The Hall–Kier alpha value is -2.37. The molecule has 0 spiro atoms. The molecule has 1 aromatic carbocycles. The minimum atomic E-state index is -0.568. The zero-order chi connectivity index (χ0) is 14.7. The van der Waals surface area contributed by atoms with Gasteiger partial charge in [-0.05, 0) is 24.6 Å². The molecule has 0 fully saturated rings. The molecular formula is C14H16FN3O2. The maximum Gasteiger partial charge on any atom is 0.186 e. The zero-order valence-corrected chi connectivity index (χ0v) is 11.6. The monoisotopic (exact) mass is 277 g/mol. The van der Waals surface area contributed by atoms with E-state index >= 15 is 0 Å². The van der Waals surface area contributed by atoms with Crippen LogP contribution in [0.4, 0.5) is 10.2 Å². The number of ether oxygens (including phenoxy) is 2. The number of nitrogens with zero attached hydrogens (tertiary/aromatic N) is 2. The van der Waals surface area contributed by atoms with Crippen molar-refractivity contribution in [2.24, 2.45) is 0 Å². The Morgan fingerprint density at radius 2 is 1.85 bits per heavy atom. The molecule has 6 heteroatoms. The number of methoxy groups -OCH3 is 2. The third-order valence-corrected chi connectivity index (χ3v) is 2.90. The molecule has 106 valence electrons. The zero-order valence-electron chi connectivity index (χ0n) is 11.6. The van der Waals surface area contributed by atoms with Crippen LogP contribution in [-0.4, -0.2) is 24.2 Å². The van der Waals surface area contributed by atoms with Crippen molar-refractivity contribution in [1.29, 1.82) is 0 Å². The summed E-state index contributed by atoms with van der Waals surface area (Å²) in [6.45, 7) is 1.56. The second kappa shape index (κ2) is 5.73. The van der Waals surface area contributed by atoms with Crippen LogP contribution in [0.25, 0.3) is 0 Å². The lowest BCUT2D eigenvalue weighted by Crippen LogP contribution is -2.06. The second-order valence-corrected chi connectivity index (χ2v) is 4.29. The number of anilines is 1. The molecule has 1 aromatic heterocycles. The number of aryl methyl sites for hydroxylation is 1. The lowest BCUT2D eigenvalue weighted by atomic mass is 10.1. The highest BCUT2D eigenvalue weighted by atomic mass is 19.1. The SMILES string of the molecule is COc1ccc(Cc2nc(C)c(F)c(N)n2)cc1OC. The van der Waals surface area contributed by atoms with Crippen molar-refractivity contribution in [3.63, 3.8) is 0 Å². The fraction of sp³-hybridized carbons (Fsp3) is 0.286. The van der Waals surface area contributed by atoms with Gasteiger partial charge in [0, 0.05) is 6.42 Å². The van der Waals surface area contributed by atoms with Crippen LogP contribution in [0.5, 0.6) is 11.5 Å². The van der Waals surface area contributed by atoms with Gasteiger partial charge >= 0.3 is 0 Å². The van der Waals surface area contributed by atoms with E-state index in [1.54, 1.807) is 27.2 Å². The Labute approximate surface area is 116 Å². The second-order valence-electron chi connectivity index (χ2n) is 4.29.